The molecule has 0 aliphatic carbocycles. The van der Waals surface area contributed by atoms with Crippen molar-refractivity contribution in [3.8, 4) is 0 Å². The lowest BCUT2D eigenvalue weighted by molar-refractivity contribution is -0.152. The summed E-state index contributed by atoms with van der Waals surface area (Å²) in [6.07, 6.45) is -0.216. The smallest absolute Gasteiger partial charge is 0.323 e. The molecule has 1 fully saturated rings. The number of benzene rings is 1. The average molecular weight is 280 g/mol. The molecular weight excluding hydrogens is 264 g/mol. The van der Waals surface area contributed by atoms with Gasteiger partial charge in [0.05, 0.1) is 6.42 Å². The Kier molecular flexibility index (Phi) is 4.14. The third-order valence-electron chi connectivity index (χ3n) is 3.43. The van der Waals surface area contributed by atoms with E-state index in [2.05, 4.69) is 0 Å². The van der Waals surface area contributed by atoms with Gasteiger partial charge in [-0.2, -0.15) is 0 Å². The van der Waals surface area contributed by atoms with Crippen LogP contribution in [0.5, 0.6) is 0 Å². The Morgan fingerprint density at radius 1 is 1.47 bits per heavy atom. The molecule has 2 unspecified atom stereocenters. The highest BCUT2D eigenvalue weighted by Gasteiger charge is 2.49. The Labute approximate surface area is 116 Å². The van der Waals surface area contributed by atoms with Crippen LogP contribution in [0.1, 0.15) is 24.8 Å². The van der Waals surface area contributed by atoms with Crippen LogP contribution >= 0.6 is 11.8 Å². The van der Waals surface area contributed by atoms with Crippen LogP contribution in [0.4, 0.5) is 0 Å². The van der Waals surface area contributed by atoms with Crippen molar-refractivity contribution in [1.82, 2.24) is 0 Å². The van der Waals surface area contributed by atoms with E-state index in [4.69, 9.17) is 9.84 Å². The fourth-order valence-corrected chi connectivity index (χ4v) is 3.67. The molecule has 1 aromatic carbocycles. The number of carbonyl (C=O) groups is 2. The third-order valence-corrected chi connectivity index (χ3v) is 4.99. The molecule has 2 atom stereocenters. The van der Waals surface area contributed by atoms with Gasteiger partial charge in [-0.15, -0.1) is 11.8 Å². The molecule has 0 saturated carbocycles. The van der Waals surface area contributed by atoms with E-state index in [1.54, 1.807) is 0 Å². The number of carboxylic acids is 1. The van der Waals surface area contributed by atoms with E-state index < -0.39 is 16.7 Å². The van der Waals surface area contributed by atoms with Gasteiger partial charge in [0.1, 0.15) is 11.4 Å². The Morgan fingerprint density at radius 3 is 2.74 bits per heavy atom. The largest absolute Gasteiger partial charge is 0.481 e. The predicted octanol–water partition coefficient (Wildman–Crippen LogP) is 2.29. The van der Waals surface area contributed by atoms with E-state index in [-0.39, 0.29) is 12.3 Å². The highest BCUT2D eigenvalue weighted by molar-refractivity contribution is 8.01. The van der Waals surface area contributed by atoms with E-state index in [0.29, 0.717) is 12.4 Å². The molecule has 1 aliphatic rings. The predicted molar refractivity (Wildman–Crippen MR) is 73.3 cm³/mol. The van der Waals surface area contributed by atoms with Crippen molar-refractivity contribution in [2.24, 2.45) is 0 Å². The Balaban J connectivity index is 2.37. The number of hydrogen-bond donors (Lipinski definition) is 1. The maximum atomic E-state index is 12.2. The van der Waals surface area contributed by atoms with Gasteiger partial charge in [-0.05, 0) is 5.56 Å². The van der Waals surface area contributed by atoms with E-state index in [0.717, 1.165) is 5.56 Å². The molecule has 102 valence electrons. The van der Waals surface area contributed by atoms with Crippen molar-refractivity contribution < 1.29 is 19.4 Å². The quantitative estimate of drug-likeness (QED) is 0.857. The molecule has 2 rings (SSSR count). The summed E-state index contributed by atoms with van der Waals surface area (Å²) < 4.78 is 4.09. The molecule has 0 amide bonds. The van der Waals surface area contributed by atoms with Gasteiger partial charge in [-0.1, -0.05) is 37.3 Å². The SMILES string of the molecule is CC(c1ccccc1)C1(CC(=O)O)SCCOC1=O. The molecule has 1 aromatic rings. The zero-order valence-corrected chi connectivity index (χ0v) is 11.5. The van der Waals surface area contributed by atoms with E-state index in [9.17, 15) is 9.59 Å². The minimum atomic E-state index is -1.02. The van der Waals surface area contributed by atoms with Crippen molar-refractivity contribution >= 4 is 23.7 Å². The number of carboxylic acid groups (broad SMARTS) is 1. The Hall–Kier alpha value is -1.49. The summed E-state index contributed by atoms with van der Waals surface area (Å²) in [5.41, 5.74) is 0.954. The molecule has 19 heavy (non-hydrogen) atoms. The Bertz CT molecular complexity index is 474. The molecule has 1 saturated heterocycles. The van der Waals surface area contributed by atoms with Crippen LogP contribution in [0.2, 0.25) is 0 Å². The van der Waals surface area contributed by atoms with Crippen molar-refractivity contribution in [2.45, 2.75) is 24.0 Å². The zero-order chi connectivity index (χ0) is 13.9. The molecule has 0 bridgehead atoms. The lowest BCUT2D eigenvalue weighted by Crippen LogP contribution is -2.47. The number of cyclic esters (lactones) is 1. The Morgan fingerprint density at radius 2 is 2.16 bits per heavy atom. The first-order chi connectivity index (χ1) is 9.06. The number of thioether (sulfide) groups is 1. The van der Waals surface area contributed by atoms with E-state index >= 15 is 0 Å². The minimum absolute atomic E-state index is 0.206. The summed E-state index contributed by atoms with van der Waals surface area (Å²) in [7, 11) is 0. The molecule has 0 spiro atoms. The number of hydrogen-bond acceptors (Lipinski definition) is 4. The van der Waals surface area contributed by atoms with Gasteiger partial charge in [0, 0.05) is 11.7 Å². The van der Waals surface area contributed by atoms with Gasteiger partial charge in [0.15, 0.2) is 0 Å². The van der Waals surface area contributed by atoms with Crippen molar-refractivity contribution in [3.05, 3.63) is 35.9 Å². The highest BCUT2D eigenvalue weighted by Crippen LogP contribution is 2.45. The number of esters is 1. The van der Waals surface area contributed by atoms with E-state index in [1.807, 2.05) is 37.3 Å². The van der Waals surface area contributed by atoms with Gasteiger partial charge in [-0.3, -0.25) is 9.59 Å². The third kappa shape index (κ3) is 2.76. The average Bonchev–Trinajstić information content (AvgIpc) is 2.41. The van der Waals surface area contributed by atoms with Crippen LogP contribution in [-0.2, 0) is 14.3 Å². The number of rotatable bonds is 4. The fraction of sp³-hybridized carbons (Fsp3) is 0.429. The molecule has 0 aromatic heterocycles. The van der Waals surface area contributed by atoms with Gasteiger partial charge < -0.3 is 9.84 Å². The lowest BCUT2D eigenvalue weighted by atomic mass is 9.84. The van der Waals surface area contributed by atoms with Crippen LogP contribution in [0, 0.1) is 0 Å². The first-order valence-electron chi connectivity index (χ1n) is 6.14. The monoisotopic (exact) mass is 280 g/mol. The fourth-order valence-electron chi connectivity index (χ4n) is 2.35. The number of ether oxygens (including phenoxy) is 1. The number of aliphatic carboxylic acids is 1. The van der Waals surface area contributed by atoms with Crippen LogP contribution in [0.3, 0.4) is 0 Å². The topological polar surface area (TPSA) is 63.6 Å². The molecule has 1 heterocycles. The summed E-state index contributed by atoms with van der Waals surface area (Å²) in [5, 5.41) is 9.12. The molecular formula is C14H16O4S. The second-order valence-electron chi connectivity index (χ2n) is 4.58. The summed E-state index contributed by atoms with van der Waals surface area (Å²) in [6.45, 7) is 2.24. The maximum Gasteiger partial charge on any atom is 0.323 e. The molecule has 4 nitrogen and oxygen atoms in total. The second kappa shape index (κ2) is 5.65. The first-order valence-corrected chi connectivity index (χ1v) is 7.13. The molecule has 1 aliphatic heterocycles. The summed E-state index contributed by atoms with van der Waals surface area (Å²) in [6, 6.07) is 9.50. The van der Waals surface area contributed by atoms with Crippen LogP contribution < -0.4 is 0 Å². The standard InChI is InChI=1S/C14H16O4S/c1-10(11-5-3-2-4-6-11)14(9-12(15)16)13(17)18-7-8-19-14/h2-6,10H,7-9H2,1H3,(H,15,16). The molecule has 5 heteroatoms. The van der Waals surface area contributed by atoms with Crippen LogP contribution in [0.15, 0.2) is 30.3 Å². The van der Waals surface area contributed by atoms with Crippen molar-refractivity contribution in [3.63, 3.8) is 0 Å². The van der Waals surface area contributed by atoms with Gasteiger partial charge >= 0.3 is 11.9 Å². The van der Waals surface area contributed by atoms with Gasteiger partial charge in [0.2, 0.25) is 0 Å². The second-order valence-corrected chi connectivity index (χ2v) is 6.00. The normalized spacial score (nSPS) is 24.6. The zero-order valence-electron chi connectivity index (χ0n) is 10.7. The van der Waals surface area contributed by atoms with Crippen molar-refractivity contribution in [2.75, 3.05) is 12.4 Å². The summed E-state index contributed by atoms with van der Waals surface area (Å²) in [5.74, 6) is -0.963. The van der Waals surface area contributed by atoms with Crippen LogP contribution in [0.25, 0.3) is 0 Å². The number of carbonyl (C=O) groups excluding carboxylic acids is 1. The minimum Gasteiger partial charge on any atom is -0.481 e. The summed E-state index contributed by atoms with van der Waals surface area (Å²) >= 11 is 1.39. The summed E-state index contributed by atoms with van der Waals surface area (Å²) in [4.78, 5) is 23.3. The lowest BCUT2D eigenvalue weighted by Gasteiger charge is -2.38. The highest BCUT2D eigenvalue weighted by atomic mass is 32.2. The van der Waals surface area contributed by atoms with Crippen molar-refractivity contribution in [1.29, 1.82) is 0 Å². The molecule has 1 N–H and O–H groups in total. The van der Waals surface area contributed by atoms with Crippen LogP contribution in [-0.4, -0.2) is 34.2 Å². The van der Waals surface area contributed by atoms with Gasteiger partial charge in [0.25, 0.3) is 0 Å². The maximum absolute atomic E-state index is 12.2. The first kappa shape index (κ1) is 13.9. The molecule has 0 radical (unpaired) electrons. The van der Waals surface area contributed by atoms with Gasteiger partial charge in [-0.25, -0.2) is 0 Å². The van der Waals surface area contributed by atoms with E-state index in [1.165, 1.54) is 11.8 Å².